The Morgan fingerprint density at radius 3 is 2.24 bits per heavy atom. The molecule has 0 aliphatic carbocycles. The lowest BCUT2D eigenvalue weighted by atomic mass is 10.1. The van der Waals surface area contributed by atoms with Crippen LogP contribution < -0.4 is 20.1 Å². The van der Waals surface area contributed by atoms with Crippen molar-refractivity contribution in [1.29, 1.82) is 0 Å². The first-order chi connectivity index (χ1) is 13.9. The highest BCUT2D eigenvalue weighted by molar-refractivity contribution is 6.03. The van der Waals surface area contributed by atoms with Crippen LogP contribution in [-0.2, 0) is 0 Å². The summed E-state index contributed by atoms with van der Waals surface area (Å²) in [7, 11) is 3.09. The van der Waals surface area contributed by atoms with Crippen LogP contribution >= 0.6 is 0 Å². The Bertz CT molecular complexity index is 1010. The number of aromatic nitrogens is 2. The average molecular weight is 392 g/mol. The summed E-state index contributed by atoms with van der Waals surface area (Å²) < 4.78 is 10.5. The van der Waals surface area contributed by atoms with E-state index in [4.69, 9.17) is 9.47 Å². The summed E-state index contributed by atoms with van der Waals surface area (Å²) >= 11 is 0. The van der Waals surface area contributed by atoms with Crippen LogP contribution in [0.2, 0.25) is 0 Å². The van der Waals surface area contributed by atoms with Crippen molar-refractivity contribution in [2.24, 2.45) is 0 Å². The van der Waals surface area contributed by atoms with E-state index in [0.29, 0.717) is 23.0 Å². The van der Waals surface area contributed by atoms with Gasteiger partial charge in [0.25, 0.3) is 5.91 Å². The predicted octanol–water partition coefficient (Wildman–Crippen LogP) is 4.41. The molecule has 7 heteroatoms. The van der Waals surface area contributed by atoms with Gasteiger partial charge in [0, 0.05) is 11.8 Å². The third-order valence-corrected chi connectivity index (χ3v) is 4.47. The molecule has 2 aromatic carbocycles. The molecule has 3 rings (SSSR count). The number of rotatable bonds is 6. The molecule has 0 atom stereocenters. The quantitative estimate of drug-likeness (QED) is 0.646. The summed E-state index contributed by atoms with van der Waals surface area (Å²) in [4.78, 5) is 21.1. The number of methoxy groups -OCH3 is 2. The van der Waals surface area contributed by atoms with Gasteiger partial charge in [-0.2, -0.15) is 0 Å². The Hall–Kier alpha value is -3.61. The summed E-state index contributed by atoms with van der Waals surface area (Å²) in [6, 6.07) is 9.35. The van der Waals surface area contributed by atoms with Crippen LogP contribution in [-0.4, -0.2) is 30.1 Å². The number of ether oxygens (including phenoxy) is 2. The number of nitrogens with one attached hydrogen (secondary N) is 2. The van der Waals surface area contributed by atoms with Crippen molar-refractivity contribution >= 4 is 23.1 Å². The summed E-state index contributed by atoms with van der Waals surface area (Å²) in [5.41, 5.74) is 5.16. The molecule has 0 aliphatic heterocycles. The Balaban J connectivity index is 1.74. The molecule has 2 N–H and O–H groups in total. The monoisotopic (exact) mass is 392 g/mol. The highest BCUT2D eigenvalue weighted by Crippen LogP contribution is 2.29. The predicted molar refractivity (Wildman–Crippen MR) is 113 cm³/mol. The van der Waals surface area contributed by atoms with Gasteiger partial charge in [-0.15, -0.1) is 0 Å². The van der Waals surface area contributed by atoms with Gasteiger partial charge in [0.05, 0.1) is 32.3 Å². The van der Waals surface area contributed by atoms with Gasteiger partial charge in [0.15, 0.2) is 0 Å². The summed E-state index contributed by atoms with van der Waals surface area (Å²) in [5, 5.41) is 6.06. The second-order valence-corrected chi connectivity index (χ2v) is 6.71. The molecular formula is C22H24N4O3. The van der Waals surface area contributed by atoms with Crippen molar-refractivity contribution in [2.45, 2.75) is 20.8 Å². The number of hydrogen-bond acceptors (Lipinski definition) is 6. The molecule has 0 radical (unpaired) electrons. The molecule has 0 aliphatic rings. The SMILES string of the molecule is COc1ccc(NC(=O)c2cnc(Nc3c(C)cc(C)cc3C)cn2)c(OC)c1. The van der Waals surface area contributed by atoms with Gasteiger partial charge >= 0.3 is 0 Å². The fourth-order valence-electron chi connectivity index (χ4n) is 3.10. The number of carbonyl (C=O) groups is 1. The molecule has 0 unspecified atom stereocenters. The lowest BCUT2D eigenvalue weighted by molar-refractivity contribution is 0.102. The number of hydrogen-bond donors (Lipinski definition) is 2. The normalized spacial score (nSPS) is 10.4. The maximum atomic E-state index is 12.5. The van der Waals surface area contributed by atoms with Gasteiger partial charge in [-0.25, -0.2) is 9.97 Å². The summed E-state index contributed by atoms with van der Waals surface area (Å²) in [6.07, 6.45) is 2.98. The highest BCUT2D eigenvalue weighted by Gasteiger charge is 2.13. The van der Waals surface area contributed by atoms with Gasteiger partial charge in [0.1, 0.15) is 23.0 Å². The Kier molecular flexibility index (Phi) is 5.97. The Morgan fingerprint density at radius 2 is 1.66 bits per heavy atom. The Morgan fingerprint density at radius 1 is 0.931 bits per heavy atom. The number of benzene rings is 2. The van der Waals surface area contributed by atoms with Gasteiger partial charge < -0.3 is 20.1 Å². The minimum atomic E-state index is -0.379. The first kappa shape index (κ1) is 20.1. The van der Waals surface area contributed by atoms with E-state index in [2.05, 4.69) is 39.7 Å². The number of nitrogens with zero attached hydrogens (tertiary/aromatic N) is 2. The van der Waals surface area contributed by atoms with Crippen molar-refractivity contribution in [1.82, 2.24) is 9.97 Å². The highest BCUT2D eigenvalue weighted by atomic mass is 16.5. The summed E-state index contributed by atoms with van der Waals surface area (Å²) in [5.74, 6) is 1.32. The minimum absolute atomic E-state index is 0.200. The lowest BCUT2D eigenvalue weighted by Crippen LogP contribution is -2.15. The maximum absolute atomic E-state index is 12.5. The van der Waals surface area contributed by atoms with Crippen LogP contribution in [0, 0.1) is 20.8 Å². The van der Waals surface area contributed by atoms with Crippen LogP contribution in [0.15, 0.2) is 42.7 Å². The first-order valence-electron chi connectivity index (χ1n) is 9.11. The van der Waals surface area contributed by atoms with Crippen molar-refractivity contribution < 1.29 is 14.3 Å². The molecule has 150 valence electrons. The zero-order valence-corrected chi connectivity index (χ0v) is 17.2. The second kappa shape index (κ2) is 8.60. The van der Waals surface area contributed by atoms with Crippen LogP contribution in [0.5, 0.6) is 11.5 Å². The Labute approximate surface area is 170 Å². The molecule has 0 bridgehead atoms. The number of amides is 1. The van der Waals surface area contributed by atoms with Crippen molar-refractivity contribution in [3.63, 3.8) is 0 Å². The summed E-state index contributed by atoms with van der Waals surface area (Å²) in [6.45, 7) is 6.15. The van der Waals surface area contributed by atoms with Crippen LogP contribution in [0.4, 0.5) is 17.2 Å². The smallest absolute Gasteiger partial charge is 0.275 e. The van der Waals surface area contributed by atoms with E-state index < -0.39 is 0 Å². The third-order valence-electron chi connectivity index (χ3n) is 4.47. The average Bonchev–Trinajstić information content (AvgIpc) is 2.71. The standard InChI is InChI=1S/C22H24N4O3/c1-13-8-14(2)21(15(3)9-13)26-20-12-23-18(11-24-20)22(27)25-17-7-6-16(28-4)10-19(17)29-5/h6-12H,1-5H3,(H,24,26)(H,25,27). The van der Waals surface area contributed by atoms with E-state index in [9.17, 15) is 4.79 Å². The molecule has 0 fully saturated rings. The van der Waals surface area contributed by atoms with E-state index in [0.717, 1.165) is 16.8 Å². The number of anilines is 3. The van der Waals surface area contributed by atoms with Crippen molar-refractivity contribution in [3.05, 3.63) is 65.1 Å². The fourth-order valence-corrected chi connectivity index (χ4v) is 3.10. The van der Waals surface area contributed by atoms with Gasteiger partial charge in [-0.1, -0.05) is 17.7 Å². The van der Waals surface area contributed by atoms with E-state index >= 15 is 0 Å². The van der Waals surface area contributed by atoms with Crippen LogP contribution in [0.25, 0.3) is 0 Å². The molecule has 1 heterocycles. The van der Waals surface area contributed by atoms with Crippen LogP contribution in [0.1, 0.15) is 27.2 Å². The minimum Gasteiger partial charge on any atom is -0.497 e. The second-order valence-electron chi connectivity index (χ2n) is 6.71. The largest absolute Gasteiger partial charge is 0.497 e. The molecule has 29 heavy (non-hydrogen) atoms. The maximum Gasteiger partial charge on any atom is 0.275 e. The van der Waals surface area contributed by atoms with Gasteiger partial charge in [-0.3, -0.25) is 4.79 Å². The zero-order chi connectivity index (χ0) is 21.0. The molecule has 1 amide bonds. The number of carbonyl (C=O) groups excluding carboxylic acids is 1. The van der Waals surface area contributed by atoms with Crippen LogP contribution in [0.3, 0.4) is 0 Å². The number of aryl methyl sites for hydroxylation is 3. The van der Waals surface area contributed by atoms with E-state index in [1.165, 1.54) is 18.9 Å². The lowest BCUT2D eigenvalue weighted by Gasteiger charge is -2.13. The van der Waals surface area contributed by atoms with Gasteiger partial charge in [0.2, 0.25) is 0 Å². The molecule has 7 nitrogen and oxygen atoms in total. The molecule has 3 aromatic rings. The molecule has 0 spiro atoms. The first-order valence-corrected chi connectivity index (χ1v) is 9.11. The van der Waals surface area contributed by atoms with E-state index in [-0.39, 0.29) is 11.6 Å². The topological polar surface area (TPSA) is 85.4 Å². The van der Waals surface area contributed by atoms with E-state index in [1.807, 2.05) is 13.8 Å². The third kappa shape index (κ3) is 4.63. The van der Waals surface area contributed by atoms with Crippen molar-refractivity contribution in [3.8, 4) is 11.5 Å². The molecule has 0 saturated heterocycles. The zero-order valence-electron chi connectivity index (χ0n) is 17.2. The molecular weight excluding hydrogens is 368 g/mol. The fraction of sp³-hybridized carbons (Fsp3) is 0.227. The van der Waals surface area contributed by atoms with Crippen molar-refractivity contribution in [2.75, 3.05) is 24.9 Å². The van der Waals surface area contributed by atoms with E-state index in [1.54, 1.807) is 31.5 Å². The van der Waals surface area contributed by atoms with Gasteiger partial charge in [-0.05, 0) is 44.0 Å². The molecule has 1 aromatic heterocycles. The molecule has 0 saturated carbocycles.